The first kappa shape index (κ1) is 16.9. The molecule has 0 aliphatic heterocycles. The van der Waals surface area contributed by atoms with Crippen LogP contribution in [0.15, 0.2) is 17.0 Å². The fourth-order valence-corrected chi connectivity index (χ4v) is 3.04. The molecule has 0 bridgehead atoms. The molecular weight excluding hydrogens is 306 g/mol. The smallest absolute Gasteiger partial charge is 0.336 e. The Bertz CT molecular complexity index is 615. The van der Waals surface area contributed by atoms with Crippen LogP contribution in [0.3, 0.4) is 0 Å². The maximum atomic E-state index is 12.3. The first-order chi connectivity index (χ1) is 9.21. The van der Waals surface area contributed by atoms with Crippen molar-refractivity contribution in [2.24, 2.45) is 0 Å². The minimum absolute atomic E-state index is 0.101. The molecule has 0 aliphatic rings. The number of carbonyl (C=O) groups is 1. The highest BCUT2D eigenvalue weighted by atomic mass is 35.5. The minimum Gasteiger partial charge on any atom is -0.478 e. The van der Waals surface area contributed by atoms with Gasteiger partial charge in [-0.1, -0.05) is 11.6 Å². The van der Waals surface area contributed by atoms with Gasteiger partial charge >= 0.3 is 5.97 Å². The van der Waals surface area contributed by atoms with Crippen LogP contribution in [0, 0.1) is 6.92 Å². The predicted octanol–water partition coefficient (Wildman–Crippen LogP) is 1.61. The van der Waals surface area contributed by atoms with Gasteiger partial charge in [0.15, 0.2) is 0 Å². The summed E-state index contributed by atoms with van der Waals surface area (Å²) < 4.78 is 30.5. The van der Waals surface area contributed by atoms with Crippen LogP contribution in [0.25, 0.3) is 0 Å². The summed E-state index contributed by atoms with van der Waals surface area (Å²) in [6.07, 6.45) is 0. The van der Waals surface area contributed by atoms with Gasteiger partial charge in [-0.15, -0.1) is 0 Å². The average Bonchev–Trinajstić information content (AvgIpc) is 2.38. The van der Waals surface area contributed by atoms with E-state index in [1.165, 1.54) is 27.1 Å². The van der Waals surface area contributed by atoms with Crippen LogP contribution < -0.4 is 0 Å². The van der Waals surface area contributed by atoms with E-state index in [-0.39, 0.29) is 28.6 Å². The molecule has 0 aliphatic carbocycles. The molecule has 0 spiro atoms. The fraction of sp³-hybridized carbons (Fsp3) is 0.417. The van der Waals surface area contributed by atoms with Crippen LogP contribution in [-0.2, 0) is 14.8 Å². The summed E-state index contributed by atoms with van der Waals surface area (Å²) in [4.78, 5) is 11.0. The molecule has 0 saturated heterocycles. The number of carboxylic acids is 1. The molecule has 0 amide bonds. The molecule has 0 aromatic heterocycles. The lowest BCUT2D eigenvalue weighted by Crippen LogP contribution is -2.30. The van der Waals surface area contributed by atoms with Crippen molar-refractivity contribution < 1.29 is 23.1 Å². The van der Waals surface area contributed by atoms with Gasteiger partial charge in [-0.3, -0.25) is 0 Å². The van der Waals surface area contributed by atoms with Gasteiger partial charge in [-0.05, 0) is 24.6 Å². The van der Waals surface area contributed by atoms with Crippen molar-refractivity contribution in [1.82, 2.24) is 4.31 Å². The van der Waals surface area contributed by atoms with Crippen molar-refractivity contribution >= 4 is 27.6 Å². The number of methoxy groups -OCH3 is 1. The van der Waals surface area contributed by atoms with E-state index in [0.717, 1.165) is 10.4 Å². The van der Waals surface area contributed by atoms with E-state index in [2.05, 4.69) is 0 Å². The maximum absolute atomic E-state index is 12.3. The first-order valence-electron chi connectivity index (χ1n) is 5.70. The SMILES string of the molecule is COCCN(C)S(=O)(=O)c1cc(Cl)c(C)c(C(=O)O)c1. The number of hydrogen-bond donors (Lipinski definition) is 1. The Labute approximate surface area is 123 Å². The maximum Gasteiger partial charge on any atom is 0.336 e. The lowest BCUT2D eigenvalue weighted by atomic mass is 10.1. The van der Waals surface area contributed by atoms with Crippen molar-refractivity contribution in [3.63, 3.8) is 0 Å². The Morgan fingerprint density at radius 2 is 2.05 bits per heavy atom. The van der Waals surface area contributed by atoms with Gasteiger partial charge < -0.3 is 9.84 Å². The molecule has 1 aromatic rings. The fourth-order valence-electron chi connectivity index (χ4n) is 1.55. The van der Waals surface area contributed by atoms with E-state index in [1.54, 1.807) is 0 Å². The molecule has 1 rings (SSSR count). The number of sulfonamides is 1. The Morgan fingerprint density at radius 3 is 2.55 bits per heavy atom. The van der Waals surface area contributed by atoms with Gasteiger partial charge in [0.25, 0.3) is 0 Å². The number of hydrogen-bond acceptors (Lipinski definition) is 4. The van der Waals surface area contributed by atoms with E-state index >= 15 is 0 Å². The van der Waals surface area contributed by atoms with Crippen molar-refractivity contribution in [3.8, 4) is 0 Å². The zero-order valence-electron chi connectivity index (χ0n) is 11.4. The van der Waals surface area contributed by atoms with Gasteiger partial charge in [-0.25, -0.2) is 13.2 Å². The van der Waals surface area contributed by atoms with Crippen molar-refractivity contribution in [2.75, 3.05) is 27.3 Å². The molecule has 0 saturated carbocycles. The summed E-state index contributed by atoms with van der Waals surface area (Å²) in [6.45, 7) is 1.92. The highest BCUT2D eigenvalue weighted by Gasteiger charge is 2.24. The minimum atomic E-state index is -3.80. The molecule has 112 valence electrons. The number of benzene rings is 1. The molecule has 1 aromatic carbocycles. The number of ether oxygens (including phenoxy) is 1. The van der Waals surface area contributed by atoms with Crippen molar-refractivity contribution in [1.29, 1.82) is 0 Å². The first-order valence-corrected chi connectivity index (χ1v) is 7.52. The third kappa shape index (κ3) is 3.49. The Kier molecular flexibility index (Phi) is 5.52. The molecule has 6 nitrogen and oxygen atoms in total. The second-order valence-electron chi connectivity index (χ2n) is 4.20. The predicted molar refractivity (Wildman–Crippen MR) is 74.8 cm³/mol. The zero-order chi connectivity index (χ0) is 15.5. The third-order valence-corrected chi connectivity index (χ3v) is 5.09. The number of likely N-dealkylation sites (N-methyl/N-ethyl adjacent to an activating group) is 1. The molecule has 0 atom stereocenters. The van der Waals surface area contributed by atoms with Crippen molar-refractivity contribution in [2.45, 2.75) is 11.8 Å². The van der Waals surface area contributed by atoms with Crippen molar-refractivity contribution in [3.05, 3.63) is 28.3 Å². The summed E-state index contributed by atoms with van der Waals surface area (Å²) in [5, 5.41) is 9.17. The number of halogens is 1. The number of carboxylic acid groups (broad SMARTS) is 1. The molecule has 0 radical (unpaired) electrons. The highest BCUT2D eigenvalue weighted by Crippen LogP contribution is 2.26. The summed E-state index contributed by atoms with van der Waals surface area (Å²) in [7, 11) is -0.945. The molecule has 0 heterocycles. The lowest BCUT2D eigenvalue weighted by molar-refractivity contribution is 0.0696. The third-order valence-electron chi connectivity index (χ3n) is 2.87. The number of aromatic carboxylic acids is 1. The Balaban J connectivity index is 3.29. The van der Waals surface area contributed by atoms with E-state index in [9.17, 15) is 13.2 Å². The number of rotatable bonds is 6. The van der Waals surface area contributed by atoms with Crippen LogP contribution >= 0.6 is 11.6 Å². The molecule has 0 unspecified atom stereocenters. The number of nitrogens with zero attached hydrogens (tertiary/aromatic N) is 1. The topological polar surface area (TPSA) is 83.9 Å². The second kappa shape index (κ2) is 6.53. The Hall–Kier alpha value is -1.15. The largest absolute Gasteiger partial charge is 0.478 e. The van der Waals surface area contributed by atoms with Gasteiger partial charge in [0, 0.05) is 25.7 Å². The normalized spacial score (nSPS) is 11.8. The average molecular weight is 322 g/mol. The Morgan fingerprint density at radius 1 is 1.45 bits per heavy atom. The lowest BCUT2D eigenvalue weighted by Gasteiger charge is -2.17. The summed E-state index contributed by atoms with van der Waals surface area (Å²) in [6, 6.07) is 2.37. The van der Waals surface area contributed by atoms with Crippen LogP contribution in [0.1, 0.15) is 15.9 Å². The van der Waals surface area contributed by atoms with Gasteiger partial charge in [0.2, 0.25) is 10.0 Å². The molecule has 0 fully saturated rings. The van der Waals surface area contributed by atoms with Crippen LogP contribution in [0.2, 0.25) is 5.02 Å². The van der Waals surface area contributed by atoms with E-state index in [4.69, 9.17) is 21.4 Å². The molecular formula is C12H16ClNO5S. The van der Waals surface area contributed by atoms with E-state index < -0.39 is 16.0 Å². The van der Waals surface area contributed by atoms with Gasteiger partial charge in [0.05, 0.1) is 17.1 Å². The highest BCUT2D eigenvalue weighted by molar-refractivity contribution is 7.89. The van der Waals surface area contributed by atoms with Gasteiger partial charge in [-0.2, -0.15) is 4.31 Å². The summed E-state index contributed by atoms with van der Waals surface area (Å²) in [5.41, 5.74) is 0.203. The van der Waals surface area contributed by atoms with E-state index in [0.29, 0.717) is 5.56 Å². The van der Waals surface area contributed by atoms with E-state index in [1.807, 2.05) is 0 Å². The standard InChI is InChI=1S/C12H16ClNO5S/c1-8-10(12(15)16)6-9(7-11(8)13)20(17,18)14(2)4-5-19-3/h6-7H,4-5H2,1-3H3,(H,15,16). The van der Waals surface area contributed by atoms with Crippen LogP contribution in [-0.4, -0.2) is 51.1 Å². The summed E-state index contributed by atoms with van der Waals surface area (Å²) >= 11 is 5.91. The zero-order valence-corrected chi connectivity index (χ0v) is 13.0. The quantitative estimate of drug-likeness (QED) is 0.860. The molecule has 8 heteroatoms. The second-order valence-corrected chi connectivity index (χ2v) is 6.65. The van der Waals surface area contributed by atoms with Crippen LogP contribution in [0.4, 0.5) is 0 Å². The summed E-state index contributed by atoms with van der Waals surface area (Å²) in [5.74, 6) is -1.22. The molecule has 1 N–H and O–H groups in total. The monoisotopic (exact) mass is 321 g/mol. The van der Waals surface area contributed by atoms with Crippen LogP contribution in [0.5, 0.6) is 0 Å². The van der Waals surface area contributed by atoms with Gasteiger partial charge in [0.1, 0.15) is 0 Å². The molecule has 20 heavy (non-hydrogen) atoms.